The van der Waals surface area contributed by atoms with Gasteiger partial charge in [0.2, 0.25) is 0 Å². The Kier molecular flexibility index (Phi) is 6.05. The molecule has 0 bridgehead atoms. The van der Waals surface area contributed by atoms with E-state index in [0.717, 1.165) is 19.5 Å². The molecular weight excluding hydrogens is 380 g/mol. The van der Waals surface area contributed by atoms with Crippen molar-refractivity contribution in [3.8, 4) is 0 Å². The van der Waals surface area contributed by atoms with Crippen molar-refractivity contribution in [2.45, 2.75) is 26.3 Å². The smallest absolute Gasteiger partial charge is 0.294 e. The summed E-state index contributed by atoms with van der Waals surface area (Å²) < 4.78 is 0. The minimum atomic E-state index is -0.599. The standard InChI is InChI=1S/C20H25ClN4O3/c1-4-6-24(3)20(28)18(26)15-11-23-17-9-16(21)14(8-13(15)17)19(27)25-7-5-22-10-12(25)2/h8-9,11-12,22-23H,4-7,10H2,1-3H3. The summed E-state index contributed by atoms with van der Waals surface area (Å²) in [6, 6.07) is 3.30. The molecule has 8 heteroatoms. The fourth-order valence-electron chi connectivity index (χ4n) is 3.52. The number of piperazine rings is 1. The number of hydrogen-bond acceptors (Lipinski definition) is 4. The maximum atomic E-state index is 13.0. The lowest BCUT2D eigenvalue weighted by atomic mass is 10.0. The predicted molar refractivity (Wildman–Crippen MR) is 109 cm³/mol. The number of halogens is 1. The summed E-state index contributed by atoms with van der Waals surface area (Å²) in [5, 5.41) is 4.09. The molecule has 1 saturated heterocycles. The molecule has 0 radical (unpaired) electrons. The Hall–Kier alpha value is -2.38. The maximum Gasteiger partial charge on any atom is 0.294 e. The highest BCUT2D eigenvalue weighted by Crippen LogP contribution is 2.28. The largest absolute Gasteiger partial charge is 0.360 e. The highest BCUT2D eigenvalue weighted by Gasteiger charge is 2.28. The SMILES string of the molecule is CCCN(C)C(=O)C(=O)c1c[nH]c2cc(Cl)c(C(=O)N3CCNCC3C)cc12. The number of fused-ring (bicyclic) bond motifs is 1. The maximum absolute atomic E-state index is 13.0. The number of aromatic amines is 1. The van der Waals surface area contributed by atoms with Crippen LogP contribution in [-0.2, 0) is 4.79 Å². The molecule has 7 nitrogen and oxygen atoms in total. The quantitative estimate of drug-likeness (QED) is 0.591. The number of amides is 2. The second-order valence-electron chi connectivity index (χ2n) is 7.19. The van der Waals surface area contributed by atoms with E-state index in [-0.39, 0.29) is 17.5 Å². The third kappa shape index (κ3) is 3.77. The zero-order valence-electron chi connectivity index (χ0n) is 16.3. The highest BCUT2D eigenvalue weighted by atomic mass is 35.5. The lowest BCUT2D eigenvalue weighted by molar-refractivity contribution is -0.125. The van der Waals surface area contributed by atoms with Crippen LogP contribution in [0.25, 0.3) is 10.9 Å². The minimum Gasteiger partial charge on any atom is -0.360 e. The first kappa shape index (κ1) is 20.4. The van der Waals surface area contributed by atoms with Crippen molar-refractivity contribution < 1.29 is 14.4 Å². The first-order valence-corrected chi connectivity index (χ1v) is 9.85. The zero-order chi connectivity index (χ0) is 20.4. The van der Waals surface area contributed by atoms with Crippen molar-refractivity contribution in [1.82, 2.24) is 20.1 Å². The topological polar surface area (TPSA) is 85.5 Å². The fourth-order valence-corrected chi connectivity index (χ4v) is 3.76. The molecule has 0 spiro atoms. The Morgan fingerprint density at radius 1 is 1.29 bits per heavy atom. The number of benzene rings is 1. The van der Waals surface area contributed by atoms with Gasteiger partial charge >= 0.3 is 0 Å². The molecule has 0 saturated carbocycles. The van der Waals surface area contributed by atoms with Crippen LogP contribution in [0.1, 0.15) is 41.0 Å². The summed E-state index contributed by atoms with van der Waals surface area (Å²) in [6.07, 6.45) is 2.27. The molecule has 150 valence electrons. The molecule has 1 aromatic carbocycles. The van der Waals surface area contributed by atoms with Crippen molar-refractivity contribution in [2.24, 2.45) is 0 Å². The van der Waals surface area contributed by atoms with Gasteiger partial charge in [-0.05, 0) is 25.5 Å². The highest BCUT2D eigenvalue weighted by molar-refractivity contribution is 6.45. The van der Waals surface area contributed by atoms with E-state index in [9.17, 15) is 14.4 Å². The Morgan fingerprint density at radius 2 is 2.04 bits per heavy atom. The third-order valence-electron chi connectivity index (χ3n) is 5.11. The molecule has 1 atom stereocenters. The summed E-state index contributed by atoms with van der Waals surface area (Å²) in [6.45, 7) is 6.46. The van der Waals surface area contributed by atoms with Crippen molar-refractivity contribution >= 4 is 40.1 Å². The van der Waals surface area contributed by atoms with E-state index in [0.29, 0.717) is 34.6 Å². The van der Waals surface area contributed by atoms with Gasteiger partial charge in [0.15, 0.2) is 0 Å². The monoisotopic (exact) mass is 404 g/mol. The summed E-state index contributed by atoms with van der Waals surface area (Å²) >= 11 is 6.36. The van der Waals surface area contributed by atoms with Gasteiger partial charge in [0.1, 0.15) is 0 Å². The van der Waals surface area contributed by atoms with Crippen molar-refractivity contribution in [3.05, 3.63) is 34.5 Å². The number of aromatic nitrogens is 1. The molecule has 1 aliphatic heterocycles. The number of rotatable bonds is 5. The Labute approximate surface area is 169 Å². The van der Waals surface area contributed by atoms with Crippen molar-refractivity contribution in [3.63, 3.8) is 0 Å². The van der Waals surface area contributed by atoms with Crippen LogP contribution < -0.4 is 5.32 Å². The molecular formula is C20H25ClN4O3. The van der Waals surface area contributed by atoms with Crippen LogP contribution in [0.15, 0.2) is 18.3 Å². The number of carbonyl (C=O) groups is 3. The van der Waals surface area contributed by atoms with Gasteiger partial charge in [0.25, 0.3) is 17.6 Å². The van der Waals surface area contributed by atoms with Gasteiger partial charge in [0, 0.05) is 56.4 Å². The second kappa shape index (κ2) is 8.32. The van der Waals surface area contributed by atoms with Crippen LogP contribution in [0.4, 0.5) is 0 Å². The van der Waals surface area contributed by atoms with E-state index >= 15 is 0 Å². The van der Waals surface area contributed by atoms with Crippen molar-refractivity contribution in [1.29, 1.82) is 0 Å². The molecule has 0 aliphatic carbocycles. The molecule has 1 unspecified atom stereocenters. The van der Waals surface area contributed by atoms with E-state index in [1.165, 1.54) is 11.1 Å². The Bertz CT molecular complexity index is 924. The van der Waals surface area contributed by atoms with Crippen LogP contribution in [-0.4, -0.2) is 71.6 Å². The summed E-state index contributed by atoms with van der Waals surface area (Å²) in [7, 11) is 1.61. The van der Waals surface area contributed by atoms with E-state index in [1.807, 2.05) is 13.8 Å². The van der Waals surface area contributed by atoms with E-state index < -0.39 is 11.7 Å². The zero-order valence-corrected chi connectivity index (χ0v) is 17.1. The van der Waals surface area contributed by atoms with Crippen LogP contribution in [0.5, 0.6) is 0 Å². The van der Waals surface area contributed by atoms with Gasteiger partial charge in [-0.1, -0.05) is 18.5 Å². The Balaban J connectivity index is 1.97. The first-order valence-electron chi connectivity index (χ1n) is 9.47. The van der Waals surface area contributed by atoms with Gasteiger partial charge in [-0.15, -0.1) is 0 Å². The van der Waals surface area contributed by atoms with E-state index in [4.69, 9.17) is 11.6 Å². The molecule has 1 fully saturated rings. The van der Waals surface area contributed by atoms with Gasteiger partial charge in [-0.2, -0.15) is 0 Å². The number of nitrogens with one attached hydrogen (secondary N) is 2. The first-order chi connectivity index (χ1) is 13.3. The Morgan fingerprint density at radius 3 is 2.71 bits per heavy atom. The number of ketones is 1. The molecule has 2 heterocycles. The minimum absolute atomic E-state index is 0.0459. The average molecular weight is 405 g/mol. The molecule has 28 heavy (non-hydrogen) atoms. The molecule has 1 aliphatic rings. The number of H-pyrrole nitrogens is 1. The number of hydrogen-bond donors (Lipinski definition) is 2. The molecule has 1 aromatic heterocycles. The van der Waals surface area contributed by atoms with E-state index in [2.05, 4.69) is 10.3 Å². The van der Waals surface area contributed by atoms with Crippen molar-refractivity contribution in [2.75, 3.05) is 33.2 Å². The van der Waals surface area contributed by atoms with Gasteiger partial charge in [0.05, 0.1) is 16.1 Å². The normalized spacial score (nSPS) is 17.0. The fraction of sp³-hybridized carbons (Fsp3) is 0.450. The molecule has 3 rings (SSSR count). The number of carbonyl (C=O) groups excluding carboxylic acids is 3. The predicted octanol–water partition coefficient (Wildman–Crippen LogP) is 2.31. The van der Waals surface area contributed by atoms with Crippen LogP contribution in [0.2, 0.25) is 5.02 Å². The lowest BCUT2D eigenvalue weighted by Crippen LogP contribution is -2.52. The molecule has 2 amide bonds. The molecule has 2 aromatic rings. The molecule has 2 N–H and O–H groups in total. The second-order valence-corrected chi connectivity index (χ2v) is 7.59. The summed E-state index contributed by atoms with van der Waals surface area (Å²) in [5.74, 6) is -1.34. The van der Waals surface area contributed by atoms with Gasteiger partial charge in [-0.3, -0.25) is 14.4 Å². The third-order valence-corrected chi connectivity index (χ3v) is 5.42. The van der Waals surface area contributed by atoms with Gasteiger partial charge in [-0.25, -0.2) is 0 Å². The summed E-state index contributed by atoms with van der Waals surface area (Å²) in [4.78, 5) is 44.3. The van der Waals surface area contributed by atoms with Crippen LogP contribution in [0.3, 0.4) is 0 Å². The number of nitrogens with zero attached hydrogens (tertiary/aromatic N) is 2. The number of likely N-dealkylation sites (N-methyl/N-ethyl adjacent to an activating group) is 1. The van der Waals surface area contributed by atoms with E-state index in [1.54, 1.807) is 24.1 Å². The number of Topliss-reactive ketones (excluding diaryl/α,β-unsaturated/α-hetero) is 1. The van der Waals surface area contributed by atoms with Gasteiger partial charge < -0.3 is 20.1 Å². The van der Waals surface area contributed by atoms with Crippen LogP contribution in [0, 0.1) is 0 Å². The average Bonchev–Trinajstić information content (AvgIpc) is 3.08. The van der Waals surface area contributed by atoms with Crippen LogP contribution >= 0.6 is 11.6 Å². The summed E-state index contributed by atoms with van der Waals surface area (Å²) in [5.41, 5.74) is 1.21. The lowest BCUT2D eigenvalue weighted by Gasteiger charge is -2.34.